The van der Waals surface area contributed by atoms with Crippen molar-refractivity contribution in [1.29, 1.82) is 0 Å². The Morgan fingerprint density at radius 2 is 1.89 bits per heavy atom. The summed E-state index contributed by atoms with van der Waals surface area (Å²) in [6.45, 7) is 9.89. The van der Waals surface area contributed by atoms with Gasteiger partial charge in [-0.25, -0.2) is 9.97 Å². The molecule has 3 saturated heterocycles. The van der Waals surface area contributed by atoms with Crippen LogP contribution in [0.3, 0.4) is 0 Å². The number of anilines is 1. The number of aliphatic hydroxyl groups is 1. The predicted molar refractivity (Wildman–Crippen MR) is 136 cm³/mol. The number of nitrogens with zero attached hydrogens (tertiary/aromatic N) is 4. The largest absolute Gasteiger partial charge is 0.493 e. The molecule has 0 saturated carbocycles. The molecule has 0 unspecified atom stereocenters. The van der Waals surface area contributed by atoms with Crippen molar-refractivity contribution in [3.8, 4) is 11.5 Å². The molecule has 10 nitrogen and oxygen atoms in total. The zero-order valence-electron chi connectivity index (χ0n) is 22.1. The van der Waals surface area contributed by atoms with E-state index < -0.39 is 23.4 Å². The Morgan fingerprint density at radius 1 is 1.16 bits per heavy atom. The minimum absolute atomic E-state index is 0.0272. The summed E-state index contributed by atoms with van der Waals surface area (Å²) >= 11 is 0. The molecule has 1 amide bonds. The van der Waals surface area contributed by atoms with Gasteiger partial charge in [0.15, 0.2) is 23.4 Å². The average Bonchev–Trinajstić information content (AvgIpc) is 3.41. The number of amides is 1. The minimum atomic E-state index is -0.779. The highest BCUT2D eigenvalue weighted by Gasteiger charge is 2.50. The van der Waals surface area contributed by atoms with Gasteiger partial charge in [0, 0.05) is 36.8 Å². The molecule has 5 rings (SSSR count). The highest BCUT2D eigenvalue weighted by molar-refractivity contribution is 5.82. The van der Waals surface area contributed by atoms with Gasteiger partial charge in [-0.05, 0) is 44.5 Å². The van der Waals surface area contributed by atoms with Gasteiger partial charge >= 0.3 is 0 Å². The molecular weight excluding hydrogens is 476 g/mol. The fourth-order valence-electron chi connectivity index (χ4n) is 5.42. The predicted octanol–water partition coefficient (Wildman–Crippen LogP) is 2.22. The van der Waals surface area contributed by atoms with E-state index in [1.54, 1.807) is 51.2 Å². The molecule has 3 aliphatic rings. The number of benzene rings is 1. The van der Waals surface area contributed by atoms with Gasteiger partial charge in [-0.3, -0.25) is 4.79 Å². The summed E-state index contributed by atoms with van der Waals surface area (Å²) < 4.78 is 23.3. The van der Waals surface area contributed by atoms with Crippen molar-refractivity contribution in [3.05, 3.63) is 42.2 Å². The molecule has 4 heterocycles. The summed E-state index contributed by atoms with van der Waals surface area (Å²) in [5, 5.41) is 10.8. The minimum Gasteiger partial charge on any atom is -0.493 e. The van der Waals surface area contributed by atoms with E-state index in [1.807, 2.05) is 25.1 Å². The normalized spacial score (nSPS) is 28.2. The van der Waals surface area contributed by atoms with Gasteiger partial charge in [0.1, 0.15) is 6.10 Å². The van der Waals surface area contributed by atoms with Crippen LogP contribution in [0.25, 0.3) is 0 Å². The molecular formula is C27H36N4O6. The summed E-state index contributed by atoms with van der Waals surface area (Å²) in [6, 6.07) is 7.67. The van der Waals surface area contributed by atoms with Crippen molar-refractivity contribution in [2.45, 2.75) is 57.7 Å². The van der Waals surface area contributed by atoms with Gasteiger partial charge in [0.05, 0.1) is 32.9 Å². The van der Waals surface area contributed by atoms with Gasteiger partial charge in [-0.1, -0.05) is 13.0 Å². The molecule has 0 bridgehead atoms. The molecule has 4 atom stereocenters. The van der Waals surface area contributed by atoms with Crippen LogP contribution in [0.4, 0.5) is 5.95 Å². The summed E-state index contributed by atoms with van der Waals surface area (Å²) in [4.78, 5) is 25.7. The van der Waals surface area contributed by atoms with Crippen molar-refractivity contribution in [3.63, 3.8) is 0 Å². The van der Waals surface area contributed by atoms with Crippen molar-refractivity contribution in [1.82, 2.24) is 14.9 Å². The molecule has 1 N–H and O–H groups in total. The Kier molecular flexibility index (Phi) is 6.76. The zero-order chi connectivity index (χ0) is 26.4. The topological polar surface area (TPSA) is 106 Å². The van der Waals surface area contributed by atoms with Crippen LogP contribution < -0.4 is 14.4 Å². The molecule has 2 aromatic rings. The number of rotatable bonds is 7. The second-order valence-corrected chi connectivity index (χ2v) is 10.9. The van der Waals surface area contributed by atoms with Crippen LogP contribution in [0, 0.1) is 5.41 Å². The third-order valence-electron chi connectivity index (χ3n) is 7.85. The van der Waals surface area contributed by atoms with Crippen molar-refractivity contribution in [2.75, 3.05) is 44.8 Å². The lowest BCUT2D eigenvalue weighted by Crippen LogP contribution is -2.54. The number of carbonyl (C=O) groups is 1. The maximum absolute atomic E-state index is 13.3. The summed E-state index contributed by atoms with van der Waals surface area (Å²) in [5.41, 5.74) is 0.440. The highest BCUT2D eigenvalue weighted by atomic mass is 16.7. The number of likely N-dealkylation sites (tertiary alicyclic amines) is 1. The molecule has 3 fully saturated rings. The van der Waals surface area contributed by atoms with Crippen LogP contribution in [0.2, 0.25) is 0 Å². The Hall–Kier alpha value is -2.95. The van der Waals surface area contributed by atoms with Gasteiger partial charge in [0.2, 0.25) is 5.95 Å². The maximum Gasteiger partial charge on any atom is 0.254 e. The number of hydrogen-bond acceptors (Lipinski definition) is 9. The van der Waals surface area contributed by atoms with Crippen LogP contribution in [0.15, 0.2) is 36.7 Å². The van der Waals surface area contributed by atoms with Crippen LogP contribution in [0.1, 0.15) is 39.2 Å². The first-order valence-electron chi connectivity index (χ1n) is 12.7. The van der Waals surface area contributed by atoms with Crippen molar-refractivity contribution in [2.24, 2.45) is 5.41 Å². The summed E-state index contributed by atoms with van der Waals surface area (Å²) in [7, 11) is 1.62. The van der Waals surface area contributed by atoms with E-state index in [1.165, 1.54) is 0 Å². The van der Waals surface area contributed by atoms with E-state index in [4.69, 9.17) is 18.9 Å². The quantitative estimate of drug-likeness (QED) is 0.598. The Morgan fingerprint density at radius 3 is 2.51 bits per heavy atom. The molecule has 200 valence electrons. The van der Waals surface area contributed by atoms with Crippen LogP contribution in [-0.2, 0) is 14.3 Å². The van der Waals surface area contributed by atoms with E-state index in [2.05, 4.69) is 14.9 Å². The molecule has 1 aromatic heterocycles. The monoisotopic (exact) mass is 512 g/mol. The number of carbonyl (C=O) groups excluding carboxylic acids is 1. The molecule has 0 spiro atoms. The van der Waals surface area contributed by atoms with Gasteiger partial charge in [0.25, 0.3) is 5.91 Å². The zero-order valence-corrected chi connectivity index (χ0v) is 22.1. The fraction of sp³-hybridized carbons (Fsp3) is 0.593. The molecule has 0 radical (unpaired) electrons. The highest BCUT2D eigenvalue weighted by Crippen LogP contribution is 2.47. The van der Waals surface area contributed by atoms with Crippen LogP contribution in [-0.4, -0.2) is 89.9 Å². The lowest BCUT2D eigenvalue weighted by Gasteiger charge is -2.39. The third kappa shape index (κ3) is 4.97. The second kappa shape index (κ2) is 9.74. The van der Waals surface area contributed by atoms with Crippen molar-refractivity contribution < 1.29 is 28.8 Å². The van der Waals surface area contributed by atoms with E-state index in [0.717, 1.165) is 5.56 Å². The number of hydrogen-bond donors (Lipinski definition) is 1. The molecule has 3 aliphatic heterocycles. The third-order valence-corrected chi connectivity index (χ3v) is 7.85. The Labute approximate surface area is 217 Å². The maximum atomic E-state index is 13.3. The first-order chi connectivity index (χ1) is 17.6. The van der Waals surface area contributed by atoms with E-state index in [9.17, 15) is 9.90 Å². The SMILES string of the molecule is COc1ccc([C@@H]2CN(C(=O)[C@@H]3COC(C)(C)O3)C[C@@]2(C)[C@@H](C)O)cc1OC1CN(c2ncccn2)C1. The number of methoxy groups -OCH3 is 1. The molecule has 10 heteroatoms. The standard InChI is InChI=1S/C27H36N4O6/c1-17(32)27(4)16-31(24(33)23-15-35-26(2,3)37-23)14-20(27)18-7-8-21(34-5)22(11-18)36-19-12-30(13-19)25-28-9-6-10-29-25/h6-11,17,19-20,23,32H,12-16H2,1-5H3/t17-,20+,23+,27+/m1/s1. The summed E-state index contributed by atoms with van der Waals surface area (Å²) in [6.07, 6.45) is 2.15. The number of ether oxygens (including phenoxy) is 4. The molecule has 0 aliphatic carbocycles. The first kappa shape index (κ1) is 25.7. The van der Waals surface area contributed by atoms with Gasteiger partial charge in [-0.2, -0.15) is 0 Å². The lowest BCUT2D eigenvalue weighted by atomic mass is 9.72. The van der Waals surface area contributed by atoms with Gasteiger partial charge < -0.3 is 33.9 Å². The Balaban J connectivity index is 1.33. The van der Waals surface area contributed by atoms with Crippen LogP contribution in [0.5, 0.6) is 11.5 Å². The van der Waals surface area contributed by atoms with E-state index >= 15 is 0 Å². The van der Waals surface area contributed by atoms with Gasteiger partial charge in [-0.15, -0.1) is 0 Å². The van der Waals surface area contributed by atoms with Crippen molar-refractivity contribution >= 4 is 11.9 Å². The number of aromatic nitrogens is 2. The van der Waals surface area contributed by atoms with Crippen LogP contribution >= 0.6 is 0 Å². The summed E-state index contributed by atoms with van der Waals surface area (Å²) in [5.74, 6) is 0.982. The Bertz CT molecular complexity index is 1120. The smallest absolute Gasteiger partial charge is 0.254 e. The average molecular weight is 513 g/mol. The second-order valence-electron chi connectivity index (χ2n) is 10.9. The van der Waals surface area contributed by atoms with E-state index in [0.29, 0.717) is 43.6 Å². The lowest BCUT2D eigenvalue weighted by molar-refractivity contribution is -0.159. The number of aliphatic hydroxyl groups excluding tert-OH is 1. The molecule has 37 heavy (non-hydrogen) atoms. The molecule has 1 aromatic carbocycles. The van der Waals surface area contributed by atoms with E-state index in [-0.39, 0.29) is 24.5 Å². The first-order valence-corrected chi connectivity index (χ1v) is 12.7. The fourth-order valence-corrected chi connectivity index (χ4v) is 5.42.